The second-order valence-electron chi connectivity index (χ2n) is 6.24. The van der Waals surface area contributed by atoms with Crippen molar-refractivity contribution in [1.82, 2.24) is 19.6 Å². The van der Waals surface area contributed by atoms with Crippen LogP contribution in [0.1, 0.15) is 39.9 Å². The van der Waals surface area contributed by atoms with E-state index in [1.807, 2.05) is 37.6 Å². The first-order valence-corrected chi connectivity index (χ1v) is 8.91. The van der Waals surface area contributed by atoms with E-state index in [4.69, 9.17) is 11.6 Å². The van der Waals surface area contributed by atoms with E-state index in [9.17, 15) is 4.79 Å². The molecule has 0 spiro atoms. The SMILES string of the molecule is CCn1ncc(Cl)c1C(=O)Nc1c(C)nn(Cc2ccccc2C)c1C. The van der Waals surface area contributed by atoms with Gasteiger partial charge in [-0.2, -0.15) is 10.2 Å². The highest BCUT2D eigenvalue weighted by Crippen LogP contribution is 2.23. The third-order valence-corrected chi connectivity index (χ3v) is 4.79. The van der Waals surface area contributed by atoms with Crippen molar-refractivity contribution in [2.45, 2.75) is 40.8 Å². The summed E-state index contributed by atoms with van der Waals surface area (Å²) in [4.78, 5) is 12.7. The monoisotopic (exact) mass is 371 g/mol. The molecular formula is C19H22ClN5O. The number of aromatic nitrogens is 4. The highest BCUT2D eigenvalue weighted by Gasteiger charge is 2.20. The highest BCUT2D eigenvalue weighted by molar-refractivity contribution is 6.34. The van der Waals surface area contributed by atoms with Crippen LogP contribution < -0.4 is 5.32 Å². The first-order chi connectivity index (χ1) is 12.4. The van der Waals surface area contributed by atoms with E-state index in [1.54, 1.807) is 4.68 Å². The molecule has 2 heterocycles. The molecule has 1 aromatic carbocycles. The van der Waals surface area contributed by atoms with Crippen molar-refractivity contribution >= 4 is 23.2 Å². The third kappa shape index (κ3) is 3.37. The Hall–Kier alpha value is -2.60. The van der Waals surface area contributed by atoms with E-state index in [0.717, 1.165) is 11.4 Å². The zero-order valence-corrected chi connectivity index (χ0v) is 16.1. The summed E-state index contributed by atoms with van der Waals surface area (Å²) in [6.45, 7) is 9.06. The minimum atomic E-state index is -0.281. The first-order valence-electron chi connectivity index (χ1n) is 8.53. The second-order valence-corrected chi connectivity index (χ2v) is 6.65. The molecule has 0 atom stereocenters. The Labute approximate surface area is 157 Å². The van der Waals surface area contributed by atoms with Crippen LogP contribution in [0.2, 0.25) is 5.02 Å². The topological polar surface area (TPSA) is 64.7 Å². The van der Waals surface area contributed by atoms with Crippen LogP contribution in [0.4, 0.5) is 5.69 Å². The van der Waals surface area contributed by atoms with Crippen LogP contribution in [0.25, 0.3) is 0 Å². The third-order valence-electron chi connectivity index (χ3n) is 4.51. The van der Waals surface area contributed by atoms with Crippen LogP contribution in [0.3, 0.4) is 0 Å². The van der Waals surface area contributed by atoms with E-state index >= 15 is 0 Å². The Bertz CT molecular complexity index is 957. The number of hydrogen-bond acceptors (Lipinski definition) is 3. The Balaban J connectivity index is 1.88. The van der Waals surface area contributed by atoms with Gasteiger partial charge in [-0.3, -0.25) is 14.2 Å². The van der Waals surface area contributed by atoms with Gasteiger partial charge in [0, 0.05) is 6.54 Å². The van der Waals surface area contributed by atoms with Gasteiger partial charge in [-0.15, -0.1) is 0 Å². The number of anilines is 1. The summed E-state index contributed by atoms with van der Waals surface area (Å²) >= 11 is 6.13. The molecule has 0 bridgehead atoms. The zero-order valence-electron chi connectivity index (χ0n) is 15.4. The number of benzene rings is 1. The maximum atomic E-state index is 12.7. The fourth-order valence-corrected chi connectivity index (χ4v) is 3.21. The van der Waals surface area contributed by atoms with Gasteiger partial charge >= 0.3 is 0 Å². The number of amides is 1. The number of carbonyl (C=O) groups is 1. The average Bonchev–Trinajstić information content (AvgIpc) is 3.11. The average molecular weight is 372 g/mol. The van der Waals surface area contributed by atoms with Crippen molar-refractivity contribution in [1.29, 1.82) is 0 Å². The molecule has 26 heavy (non-hydrogen) atoms. The number of aryl methyl sites for hydroxylation is 3. The van der Waals surface area contributed by atoms with Gasteiger partial charge in [0.1, 0.15) is 5.69 Å². The van der Waals surface area contributed by atoms with Crippen molar-refractivity contribution in [2.75, 3.05) is 5.32 Å². The van der Waals surface area contributed by atoms with Gasteiger partial charge in [0.25, 0.3) is 5.91 Å². The summed E-state index contributed by atoms with van der Waals surface area (Å²) in [7, 11) is 0. The largest absolute Gasteiger partial charge is 0.317 e. The molecule has 136 valence electrons. The van der Waals surface area contributed by atoms with Crippen LogP contribution in [0.5, 0.6) is 0 Å². The van der Waals surface area contributed by atoms with Gasteiger partial charge in [0.15, 0.2) is 0 Å². The predicted molar refractivity (Wildman–Crippen MR) is 103 cm³/mol. The van der Waals surface area contributed by atoms with Crippen molar-refractivity contribution in [3.8, 4) is 0 Å². The molecule has 3 rings (SSSR count). The summed E-state index contributed by atoms with van der Waals surface area (Å²) in [5.41, 5.74) is 5.15. The van der Waals surface area contributed by atoms with Crippen LogP contribution in [0, 0.1) is 20.8 Å². The maximum Gasteiger partial charge on any atom is 0.275 e. The Morgan fingerprint density at radius 1 is 1.19 bits per heavy atom. The van der Waals surface area contributed by atoms with Gasteiger partial charge in [0.05, 0.1) is 34.8 Å². The molecule has 0 radical (unpaired) electrons. The minimum Gasteiger partial charge on any atom is -0.317 e. The summed E-state index contributed by atoms with van der Waals surface area (Å²) in [5, 5.41) is 12.0. The summed E-state index contributed by atoms with van der Waals surface area (Å²) in [6, 6.07) is 8.21. The van der Waals surface area contributed by atoms with Crippen molar-refractivity contribution in [3.63, 3.8) is 0 Å². The number of nitrogens with zero attached hydrogens (tertiary/aromatic N) is 4. The molecule has 2 aromatic heterocycles. The number of rotatable bonds is 5. The van der Waals surface area contributed by atoms with Crippen molar-refractivity contribution < 1.29 is 4.79 Å². The molecule has 0 aliphatic carbocycles. The van der Waals surface area contributed by atoms with Crippen molar-refractivity contribution in [2.24, 2.45) is 0 Å². The highest BCUT2D eigenvalue weighted by atomic mass is 35.5. The summed E-state index contributed by atoms with van der Waals surface area (Å²) < 4.78 is 3.49. The van der Waals surface area contributed by atoms with Gasteiger partial charge in [-0.05, 0) is 38.8 Å². The number of hydrogen-bond donors (Lipinski definition) is 1. The molecule has 1 amide bonds. The second kappa shape index (κ2) is 7.33. The molecule has 0 saturated carbocycles. The summed E-state index contributed by atoms with van der Waals surface area (Å²) in [6.07, 6.45) is 1.49. The molecule has 3 aromatic rings. The standard InChI is InChI=1S/C19H22ClN5O/c1-5-24-18(16(20)10-21-24)19(26)22-17-13(3)23-25(14(17)4)11-15-9-7-6-8-12(15)2/h6-10H,5,11H2,1-4H3,(H,22,26). The van der Waals surface area contributed by atoms with Crippen LogP contribution in [-0.4, -0.2) is 25.5 Å². The lowest BCUT2D eigenvalue weighted by molar-refractivity contribution is 0.101. The fraction of sp³-hybridized carbons (Fsp3) is 0.316. The molecule has 7 heteroatoms. The number of halogens is 1. The van der Waals surface area contributed by atoms with Crippen molar-refractivity contribution in [3.05, 3.63) is 63.7 Å². The lowest BCUT2D eigenvalue weighted by atomic mass is 10.1. The molecular weight excluding hydrogens is 350 g/mol. The van der Waals surface area contributed by atoms with E-state index in [2.05, 4.69) is 34.6 Å². The molecule has 0 aliphatic heterocycles. The van der Waals surface area contributed by atoms with E-state index < -0.39 is 0 Å². The normalized spacial score (nSPS) is 11.0. The number of carbonyl (C=O) groups excluding carboxylic acids is 1. The van der Waals surface area contributed by atoms with Gasteiger partial charge in [-0.1, -0.05) is 35.9 Å². The van der Waals surface area contributed by atoms with E-state index in [0.29, 0.717) is 29.5 Å². The Morgan fingerprint density at radius 3 is 2.62 bits per heavy atom. The molecule has 6 nitrogen and oxygen atoms in total. The number of nitrogens with one attached hydrogen (secondary N) is 1. The minimum absolute atomic E-state index is 0.281. The van der Waals surface area contributed by atoms with E-state index in [1.165, 1.54) is 17.3 Å². The Morgan fingerprint density at radius 2 is 1.92 bits per heavy atom. The molecule has 0 unspecified atom stereocenters. The Kier molecular flexibility index (Phi) is 5.13. The molecule has 0 aliphatic rings. The lowest BCUT2D eigenvalue weighted by Gasteiger charge is -2.10. The van der Waals surface area contributed by atoms with Crippen LogP contribution in [-0.2, 0) is 13.1 Å². The predicted octanol–water partition coefficient (Wildman–Crippen LogP) is 3.98. The maximum absolute atomic E-state index is 12.7. The first kappa shape index (κ1) is 18.2. The van der Waals surface area contributed by atoms with Crippen LogP contribution in [0.15, 0.2) is 30.5 Å². The summed E-state index contributed by atoms with van der Waals surface area (Å²) in [5.74, 6) is -0.281. The molecule has 1 N–H and O–H groups in total. The van der Waals surface area contributed by atoms with E-state index in [-0.39, 0.29) is 5.91 Å². The fourth-order valence-electron chi connectivity index (χ4n) is 2.98. The smallest absolute Gasteiger partial charge is 0.275 e. The quantitative estimate of drug-likeness (QED) is 0.737. The van der Waals surface area contributed by atoms with Gasteiger partial charge < -0.3 is 5.32 Å². The molecule has 0 fully saturated rings. The van der Waals surface area contributed by atoms with Crippen LogP contribution >= 0.6 is 11.6 Å². The lowest BCUT2D eigenvalue weighted by Crippen LogP contribution is -2.18. The molecule has 0 saturated heterocycles. The van der Waals surface area contributed by atoms with Gasteiger partial charge in [-0.25, -0.2) is 0 Å². The van der Waals surface area contributed by atoms with Gasteiger partial charge in [0.2, 0.25) is 0 Å². The zero-order chi connectivity index (χ0) is 18.8.